The molecule has 1 fully saturated rings. The molecule has 1 aromatic heterocycles. The number of nitrogens with zero attached hydrogens (tertiary/aromatic N) is 3. The molecule has 0 N–H and O–H groups in total. The highest BCUT2D eigenvalue weighted by atomic mass is 16.5. The van der Waals surface area contributed by atoms with Gasteiger partial charge in [0.1, 0.15) is 0 Å². The highest BCUT2D eigenvalue weighted by Crippen LogP contribution is 2.33. The molecule has 1 unspecified atom stereocenters. The van der Waals surface area contributed by atoms with E-state index in [1.807, 2.05) is 23.9 Å². The predicted molar refractivity (Wildman–Crippen MR) is 67.9 cm³/mol. The van der Waals surface area contributed by atoms with Crippen molar-refractivity contribution in [1.82, 2.24) is 9.78 Å². The van der Waals surface area contributed by atoms with Crippen LogP contribution in [0.15, 0.2) is 24.3 Å². The Balaban J connectivity index is 2.03. The molecule has 1 aromatic carbocycles. The van der Waals surface area contributed by atoms with Crippen LogP contribution in [0.3, 0.4) is 0 Å². The van der Waals surface area contributed by atoms with Gasteiger partial charge in [-0.1, -0.05) is 18.2 Å². The second-order valence-electron chi connectivity index (χ2n) is 4.96. The lowest BCUT2D eigenvalue weighted by Gasteiger charge is -2.16. The minimum absolute atomic E-state index is 0.392. The van der Waals surface area contributed by atoms with Crippen LogP contribution in [0.1, 0.15) is 12.1 Å². The highest BCUT2D eigenvalue weighted by molar-refractivity contribution is 5.81. The number of benzene rings is 1. The molecule has 2 heterocycles. The smallest absolute Gasteiger partial charge is 0.0884 e. The van der Waals surface area contributed by atoms with Gasteiger partial charge in [0.05, 0.1) is 29.3 Å². The lowest BCUT2D eigenvalue weighted by molar-refractivity contribution is 0.171. The number of ether oxygens (including phenoxy) is 1. The number of para-hydroxylation sites is 1. The Hall–Kier alpha value is -1.86. The first kappa shape index (κ1) is 11.2. The second-order valence-corrected chi connectivity index (χ2v) is 4.96. The van der Waals surface area contributed by atoms with E-state index in [1.54, 1.807) is 0 Å². The molecule has 0 aliphatic carbocycles. The van der Waals surface area contributed by atoms with Crippen molar-refractivity contribution >= 4 is 10.9 Å². The van der Waals surface area contributed by atoms with E-state index in [2.05, 4.69) is 23.3 Å². The number of aryl methyl sites for hydroxylation is 1. The van der Waals surface area contributed by atoms with E-state index in [0.29, 0.717) is 19.6 Å². The van der Waals surface area contributed by atoms with Crippen LogP contribution >= 0.6 is 0 Å². The van der Waals surface area contributed by atoms with Crippen molar-refractivity contribution in [2.24, 2.45) is 12.5 Å². The van der Waals surface area contributed by atoms with Crippen LogP contribution in [0.4, 0.5) is 0 Å². The summed E-state index contributed by atoms with van der Waals surface area (Å²) in [4.78, 5) is 0. The number of hydrogen-bond acceptors (Lipinski definition) is 3. The quantitative estimate of drug-likeness (QED) is 0.808. The van der Waals surface area contributed by atoms with E-state index in [4.69, 9.17) is 4.74 Å². The van der Waals surface area contributed by atoms with Crippen molar-refractivity contribution in [1.29, 1.82) is 5.26 Å². The molecule has 0 spiro atoms. The van der Waals surface area contributed by atoms with Crippen LogP contribution < -0.4 is 0 Å². The molecule has 2 aromatic rings. The van der Waals surface area contributed by atoms with E-state index in [1.165, 1.54) is 0 Å². The Labute approximate surface area is 106 Å². The average Bonchev–Trinajstić information content (AvgIpc) is 2.98. The van der Waals surface area contributed by atoms with Crippen LogP contribution in [-0.4, -0.2) is 23.0 Å². The Morgan fingerprint density at radius 2 is 2.33 bits per heavy atom. The summed E-state index contributed by atoms with van der Waals surface area (Å²) in [6.07, 6.45) is 1.47. The molecule has 18 heavy (non-hydrogen) atoms. The maximum Gasteiger partial charge on any atom is 0.0884 e. The summed E-state index contributed by atoms with van der Waals surface area (Å²) >= 11 is 0. The lowest BCUT2D eigenvalue weighted by Crippen LogP contribution is -2.22. The topological polar surface area (TPSA) is 50.8 Å². The molecular weight excluding hydrogens is 226 g/mol. The van der Waals surface area contributed by atoms with Gasteiger partial charge in [-0.3, -0.25) is 4.68 Å². The normalized spacial score (nSPS) is 23.3. The fourth-order valence-corrected chi connectivity index (χ4v) is 2.61. The first-order valence-electron chi connectivity index (χ1n) is 6.14. The maximum atomic E-state index is 9.39. The first-order valence-corrected chi connectivity index (χ1v) is 6.14. The first-order chi connectivity index (χ1) is 8.74. The monoisotopic (exact) mass is 241 g/mol. The Morgan fingerprint density at radius 1 is 1.50 bits per heavy atom. The van der Waals surface area contributed by atoms with Gasteiger partial charge >= 0.3 is 0 Å². The minimum Gasteiger partial charge on any atom is -0.380 e. The Morgan fingerprint density at radius 3 is 3.06 bits per heavy atom. The second kappa shape index (κ2) is 4.11. The summed E-state index contributed by atoms with van der Waals surface area (Å²) in [5, 5.41) is 15.1. The SMILES string of the molecule is Cn1nc(CC2(C#N)CCOC2)c2ccccc21. The zero-order valence-electron chi connectivity index (χ0n) is 10.4. The summed E-state index contributed by atoms with van der Waals surface area (Å²) in [5.74, 6) is 0. The van der Waals surface area contributed by atoms with Crippen molar-refractivity contribution in [3.8, 4) is 6.07 Å². The third kappa shape index (κ3) is 1.68. The molecule has 1 aliphatic heterocycles. The van der Waals surface area contributed by atoms with Gasteiger partial charge in [0.2, 0.25) is 0 Å². The summed E-state index contributed by atoms with van der Waals surface area (Å²) in [7, 11) is 1.94. The fraction of sp³-hybridized carbons (Fsp3) is 0.429. The van der Waals surface area contributed by atoms with Gasteiger partial charge in [0.25, 0.3) is 0 Å². The number of rotatable bonds is 2. The van der Waals surface area contributed by atoms with E-state index < -0.39 is 5.41 Å². The number of aromatic nitrogens is 2. The summed E-state index contributed by atoms with van der Waals surface area (Å²) in [5.41, 5.74) is 1.72. The molecule has 92 valence electrons. The molecule has 1 saturated heterocycles. The third-order valence-corrected chi connectivity index (χ3v) is 3.68. The Kier molecular flexibility index (Phi) is 2.57. The van der Waals surface area contributed by atoms with Crippen molar-refractivity contribution in [3.05, 3.63) is 30.0 Å². The summed E-state index contributed by atoms with van der Waals surface area (Å²) in [6.45, 7) is 1.20. The van der Waals surface area contributed by atoms with Gasteiger partial charge in [-0.2, -0.15) is 10.4 Å². The van der Waals surface area contributed by atoms with Gasteiger partial charge in [0, 0.05) is 25.5 Å². The van der Waals surface area contributed by atoms with E-state index in [-0.39, 0.29) is 0 Å². The molecule has 1 aliphatic rings. The Bertz CT molecular complexity index is 617. The molecular formula is C14H15N3O. The molecule has 3 rings (SSSR count). The van der Waals surface area contributed by atoms with Gasteiger partial charge in [-0.05, 0) is 12.5 Å². The van der Waals surface area contributed by atoms with Gasteiger partial charge < -0.3 is 4.74 Å². The van der Waals surface area contributed by atoms with Crippen LogP contribution in [-0.2, 0) is 18.2 Å². The van der Waals surface area contributed by atoms with Crippen molar-refractivity contribution in [2.45, 2.75) is 12.8 Å². The van der Waals surface area contributed by atoms with E-state index in [9.17, 15) is 5.26 Å². The molecule has 0 radical (unpaired) electrons. The average molecular weight is 241 g/mol. The van der Waals surface area contributed by atoms with Crippen molar-refractivity contribution < 1.29 is 4.74 Å². The number of hydrogen-bond donors (Lipinski definition) is 0. The van der Waals surface area contributed by atoms with Crippen LogP contribution in [0, 0.1) is 16.7 Å². The maximum absolute atomic E-state index is 9.39. The number of nitriles is 1. The third-order valence-electron chi connectivity index (χ3n) is 3.68. The zero-order valence-corrected chi connectivity index (χ0v) is 10.4. The predicted octanol–water partition coefficient (Wildman–Crippen LogP) is 2.05. The van der Waals surface area contributed by atoms with Crippen LogP contribution in [0.25, 0.3) is 10.9 Å². The molecule has 0 bridgehead atoms. The van der Waals surface area contributed by atoms with Gasteiger partial charge in [0.15, 0.2) is 0 Å². The van der Waals surface area contributed by atoms with Gasteiger partial charge in [-0.25, -0.2) is 0 Å². The van der Waals surface area contributed by atoms with E-state index >= 15 is 0 Å². The summed E-state index contributed by atoms with van der Waals surface area (Å²) < 4.78 is 7.27. The lowest BCUT2D eigenvalue weighted by atomic mass is 9.83. The largest absolute Gasteiger partial charge is 0.380 e. The molecule has 0 saturated carbocycles. The van der Waals surface area contributed by atoms with Crippen LogP contribution in [0.2, 0.25) is 0 Å². The van der Waals surface area contributed by atoms with Crippen LogP contribution in [0.5, 0.6) is 0 Å². The fourth-order valence-electron chi connectivity index (χ4n) is 2.61. The van der Waals surface area contributed by atoms with Crippen molar-refractivity contribution in [3.63, 3.8) is 0 Å². The van der Waals surface area contributed by atoms with Gasteiger partial charge in [-0.15, -0.1) is 0 Å². The molecule has 0 amide bonds. The minimum atomic E-state index is -0.392. The molecule has 1 atom stereocenters. The zero-order chi connectivity index (χ0) is 12.6. The number of fused-ring (bicyclic) bond motifs is 1. The van der Waals surface area contributed by atoms with E-state index in [0.717, 1.165) is 23.0 Å². The highest BCUT2D eigenvalue weighted by Gasteiger charge is 2.36. The van der Waals surface area contributed by atoms with Crippen molar-refractivity contribution in [2.75, 3.05) is 13.2 Å². The summed E-state index contributed by atoms with van der Waals surface area (Å²) in [6, 6.07) is 10.6. The molecule has 4 nitrogen and oxygen atoms in total. The standard InChI is InChI=1S/C14H15N3O/c1-17-13-5-3-2-4-11(13)12(16-17)8-14(9-15)6-7-18-10-14/h2-5H,6-8,10H2,1H3. The molecule has 4 heteroatoms.